The first-order chi connectivity index (χ1) is 14.6. The largest absolute Gasteiger partial charge is 0.454 e. The van der Waals surface area contributed by atoms with Gasteiger partial charge >= 0.3 is 0 Å². The second kappa shape index (κ2) is 9.83. The van der Waals surface area contributed by atoms with Gasteiger partial charge in [0.05, 0.1) is 4.91 Å². The smallest absolute Gasteiger partial charge is 0.266 e. The zero-order chi connectivity index (χ0) is 20.9. The summed E-state index contributed by atoms with van der Waals surface area (Å²) in [6, 6.07) is 5.99. The summed E-state index contributed by atoms with van der Waals surface area (Å²) in [5.74, 6) is 1.51. The lowest BCUT2D eigenvalue weighted by Crippen LogP contribution is -2.32. The Morgan fingerprint density at radius 1 is 1.20 bits per heavy atom. The third-order valence-corrected chi connectivity index (χ3v) is 6.95. The fourth-order valence-electron chi connectivity index (χ4n) is 3.95. The number of unbranched alkanes of at least 4 members (excludes halogenated alkanes) is 2. The first-order valence-corrected chi connectivity index (χ1v) is 11.8. The number of nitrogens with zero attached hydrogens (tertiary/aromatic N) is 1. The topological polar surface area (TPSA) is 67.9 Å². The first-order valence-electron chi connectivity index (χ1n) is 10.5. The summed E-state index contributed by atoms with van der Waals surface area (Å²) in [4.78, 5) is 27.0. The number of carbonyl (C=O) groups is 2. The number of hydrogen-bond donors (Lipinski definition) is 1. The number of ether oxygens (including phenoxy) is 2. The molecule has 2 heterocycles. The third kappa shape index (κ3) is 5.16. The highest BCUT2D eigenvalue weighted by atomic mass is 32.2. The van der Waals surface area contributed by atoms with Gasteiger partial charge in [-0.2, -0.15) is 0 Å². The van der Waals surface area contributed by atoms with E-state index in [9.17, 15) is 9.59 Å². The minimum absolute atomic E-state index is 0.0540. The molecule has 1 saturated heterocycles. The van der Waals surface area contributed by atoms with Crippen molar-refractivity contribution in [2.24, 2.45) is 0 Å². The van der Waals surface area contributed by atoms with Crippen molar-refractivity contribution < 1.29 is 19.1 Å². The van der Waals surface area contributed by atoms with Gasteiger partial charge in [0.25, 0.3) is 5.91 Å². The average Bonchev–Trinajstić information content (AvgIpc) is 3.45. The molecule has 0 aromatic heterocycles. The average molecular weight is 447 g/mol. The number of rotatable bonds is 8. The number of benzene rings is 1. The number of carbonyl (C=O) groups excluding carboxylic acids is 2. The van der Waals surface area contributed by atoms with Crippen molar-refractivity contribution in [1.29, 1.82) is 0 Å². The molecule has 1 aromatic rings. The van der Waals surface area contributed by atoms with Gasteiger partial charge in [-0.25, -0.2) is 0 Å². The van der Waals surface area contributed by atoms with Gasteiger partial charge in [0, 0.05) is 19.0 Å². The van der Waals surface area contributed by atoms with Crippen molar-refractivity contribution in [3.05, 3.63) is 28.7 Å². The van der Waals surface area contributed by atoms with E-state index in [2.05, 4.69) is 5.32 Å². The van der Waals surface area contributed by atoms with Gasteiger partial charge in [-0.1, -0.05) is 49.3 Å². The van der Waals surface area contributed by atoms with Crippen molar-refractivity contribution in [3.63, 3.8) is 0 Å². The van der Waals surface area contributed by atoms with Crippen LogP contribution in [-0.4, -0.2) is 40.4 Å². The molecular formula is C22H26N2O4S2. The van der Waals surface area contributed by atoms with Gasteiger partial charge in [-0.05, 0) is 49.5 Å². The molecule has 2 aliphatic heterocycles. The van der Waals surface area contributed by atoms with Gasteiger partial charge < -0.3 is 14.8 Å². The van der Waals surface area contributed by atoms with E-state index in [1.807, 2.05) is 24.3 Å². The molecule has 4 rings (SSSR count). The molecule has 8 heteroatoms. The molecule has 0 radical (unpaired) electrons. The Morgan fingerprint density at radius 2 is 2.00 bits per heavy atom. The molecule has 3 aliphatic rings. The number of thioether (sulfide) groups is 1. The molecule has 160 valence electrons. The van der Waals surface area contributed by atoms with Crippen LogP contribution in [-0.2, 0) is 9.59 Å². The minimum Gasteiger partial charge on any atom is -0.454 e. The van der Waals surface area contributed by atoms with Gasteiger partial charge in [0.2, 0.25) is 12.7 Å². The number of fused-ring (bicyclic) bond motifs is 1. The molecule has 0 unspecified atom stereocenters. The van der Waals surface area contributed by atoms with Crippen molar-refractivity contribution in [2.75, 3.05) is 13.3 Å². The summed E-state index contributed by atoms with van der Waals surface area (Å²) in [6.45, 7) is 0.816. The van der Waals surface area contributed by atoms with E-state index in [1.165, 1.54) is 24.6 Å². The van der Waals surface area contributed by atoms with Gasteiger partial charge in [0.15, 0.2) is 11.5 Å². The fraction of sp³-hybridized carbons (Fsp3) is 0.500. The highest BCUT2D eigenvalue weighted by molar-refractivity contribution is 8.26. The molecule has 30 heavy (non-hydrogen) atoms. The van der Waals surface area contributed by atoms with Gasteiger partial charge in [-0.15, -0.1) is 0 Å². The van der Waals surface area contributed by atoms with Crippen LogP contribution < -0.4 is 14.8 Å². The molecular weight excluding hydrogens is 420 g/mol. The second-order valence-corrected chi connectivity index (χ2v) is 9.48. The summed E-state index contributed by atoms with van der Waals surface area (Å²) in [7, 11) is 0. The Balaban J connectivity index is 1.22. The van der Waals surface area contributed by atoms with E-state index in [0.29, 0.717) is 34.0 Å². The van der Waals surface area contributed by atoms with E-state index in [0.717, 1.165) is 43.4 Å². The summed E-state index contributed by atoms with van der Waals surface area (Å²) < 4.78 is 11.3. The van der Waals surface area contributed by atoms with Crippen molar-refractivity contribution >= 4 is 46.2 Å². The van der Waals surface area contributed by atoms with Crippen LogP contribution >= 0.6 is 24.0 Å². The predicted molar refractivity (Wildman–Crippen MR) is 121 cm³/mol. The number of nitrogens with one attached hydrogen (secondary N) is 1. The van der Waals surface area contributed by atoms with Crippen LogP contribution in [0.4, 0.5) is 0 Å². The summed E-state index contributed by atoms with van der Waals surface area (Å²) in [6.07, 6.45) is 9.63. The lowest BCUT2D eigenvalue weighted by atomic mass is 10.1. The van der Waals surface area contributed by atoms with Crippen molar-refractivity contribution in [2.45, 2.75) is 57.4 Å². The van der Waals surface area contributed by atoms with Crippen molar-refractivity contribution in [3.8, 4) is 11.5 Å². The maximum Gasteiger partial charge on any atom is 0.266 e. The number of thiocarbonyl (C=S) groups is 1. The Morgan fingerprint density at radius 3 is 2.83 bits per heavy atom. The zero-order valence-electron chi connectivity index (χ0n) is 16.9. The van der Waals surface area contributed by atoms with Crippen LogP contribution in [0.3, 0.4) is 0 Å². The third-order valence-electron chi connectivity index (χ3n) is 5.57. The van der Waals surface area contributed by atoms with Gasteiger partial charge in [-0.3, -0.25) is 14.5 Å². The highest BCUT2D eigenvalue weighted by Crippen LogP contribution is 2.36. The standard InChI is InChI=1S/C22H26N2O4S2/c25-20(23-16-6-3-4-7-16)8-2-1-5-11-24-21(26)19(30-22(24)29)13-15-9-10-17-18(12-15)28-14-27-17/h9-10,12-13,16H,1-8,11,14H2,(H,23,25)/b19-13-. The Bertz CT molecular complexity index is 865. The Labute approximate surface area is 186 Å². The van der Waals surface area contributed by atoms with Crippen molar-refractivity contribution in [1.82, 2.24) is 10.2 Å². The molecule has 2 fully saturated rings. The summed E-state index contributed by atoms with van der Waals surface area (Å²) in [5, 5.41) is 3.12. The quantitative estimate of drug-likeness (QED) is 0.366. The molecule has 0 spiro atoms. The number of hydrogen-bond acceptors (Lipinski definition) is 6. The van der Waals surface area contributed by atoms with Crippen LogP contribution in [0.1, 0.15) is 56.9 Å². The van der Waals surface area contributed by atoms with E-state index < -0.39 is 0 Å². The Hall–Kier alpha value is -2.06. The molecule has 1 N–H and O–H groups in total. The summed E-state index contributed by atoms with van der Waals surface area (Å²) >= 11 is 6.74. The fourth-order valence-corrected chi connectivity index (χ4v) is 5.26. The normalized spacial score (nSPS) is 19.9. The van der Waals surface area contributed by atoms with Crippen LogP contribution in [0.15, 0.2) is 23.1 Å². The van der Waals surface area contributed by atoms with Crippen LogP contribution in [0, 0.1) is 0 Å². The molecule has 1 saturated carbocycles. The molecule has 0 atom stereocenters. The lowest BCUT2D eigenvalue weighted by molar-refractivity contribution is -0.123. The maximum atomic E-state index is 12.7. The van der Waals surface area contributed by atoms with E-state index in [1.54, 1.807) is 4.90 Å². The Kier molecular flexibility index (Phi) is 6.94. The highest BCUT2D eigenvalue weighted by Gasteiger charge is 2.31. The van der Waals surface area contributed by atoms with E-state index in [4.69, 9.17) is 21.7 Å². The summed E-state index contributed by atoms with van der Waals surface area (Å²) in [5.41, 5.74) is 0.882. The minimum atomic E-state index is -0.0540. The second-order valence-electron chi connectivity index (χ2n) is 7.81. The van der Waals surface area contributed by atoms with E-state index >= 15 is 0 Å². The van der Waals surface area contributed by atoms with Crippen LogP contribution in [0.2, 0.25) is 0 Å². The maximum absolute atomic E-state index is 12.7. The molecule has 2 amide bonds. The molecule has 0 bridgehead atoms. The van der Waals surface area contributed by atoms with E-state index in [-0.39, 0.29) is 18.6 Å². The zero-order valence-corrected chi connectivity index (χ0v) is 18.5. The van der Waals surface area contributed by atoms with Crippen LogP contribution in [0.5, 0.6) is 11.5 Å². The molecule has 6 nitrogen and oxygen atoms in total. The molecule has 1 aromatic carbocycles. The van der Waals surface area contributed by atoms with Crippen LogP contribution in [0.25, 0.3) is 6.08 Å². The first kappa shape index (κ1) is 21.2. The lowest BCUT2D eigenvalue weighted by Gasteiger charge is -2.14. The SMILES string of the molecule is O=C(CCCCCN1C(=O)/C(=C/c2ccc3c(c2)OCO3)SC1=S)NC1CCCC1. The monoisotopic (exact) mass is 446 g/mol. The van der Waals surface area contributed by atoms with Gasteiger partial charge in [0.1, 0.15) is 4.32 Å². The molecule has 1 aliphatic carbocycles. The predicted octanol–water partition coefficient (Wildman–Crippen LogP) is 4.24. The number of amides is 2.